The zero-order valence-corrected chi connectivity index (χ0v) is 6.85. The topological polar surface area (TPSA) is 40.1 Å². The third-order valence-corrected chi connectivity index (χ3v) is 2.26. The van der Waals surface area contributed by atoms with Gasteiger partial charge in [-0.05, 0) is 36.1 Å². The van der Waals surface area contributed by atoms with E-state index >= 15 is 0 Å². The highest BCUT2D eigenvalue weighted by atomic mass is 32.1. The van der Waals surface area contributed by atoms with Crippen LogP contribution in [0.2, 0.25) is 0 Å². The fourth-order valence-corrected chi connectivity index (χ4v) is 1.52. The van der Waals surface area contributed by atoms with Gasteiger partial charge in [-0.15, -0.1) is 11.3 Å². The number of carboxylic acid groups (broad SMARTS) is 1. The lowest BCUT2D eigenvalue weighted by Crippen LogP contribution is -2.18. The summed E-state index contributed by atoms with van der Waals surface area (Å²) in [5.74, 6) is -1.15. The third kappa shape index (κ3) is 2.20. The first-order chi connectivity index (χ1) is 5.20. The molecule has 1 heterocycles. The second kappa shape index (κ2) is 3.34. The van der Waals surface area contributed by atoms with Crippen molar-refractivity contribution < 1.29 is 9.90 Å². The number of hydrogen-bond donors (Lipinski definition) is 0. The number of aryl methyl sites for hydroxylation is 1. The molecule has 1 aromatic rings. The summed E-state index contributed by atoms with van der Waals surface area (Å²) in [6, 6.07) is 1.94. The SMILES string of the molecule is Cc1ccsc1/C=C/C(=O)[O-]. The van der Waals surface area contributed by atoms with Crippen molar-refractivity contribution in [2.75, 3.05) is 0 Å². The summed E-state index contributed by atoms with van der Waals surface area (Å²) in [6.07, 6.45) is 2.59. The first-order valence-electron chi connectivity index (χ1n) is 3.13. The summed E-state index contributed by atoms with van der Waals surface area (Å²) in [6.45, 7) is 1.94. The van der Waals surface area contributed by atoms with E-state index in [9.17, 15) is 9.90 Å². The van der Waals surface area contributed by atoms with Crippen molar-refractivity contribution in [3.05, 3.63) is 28.0 Å². The van der Waals surface area contributed by atoms with E-state index in [1.54, 1.807) is 6.08 Å². The Balaban J connectivity index is 2.79. The summed E-state index contributed by atoms with van der Waals surface area (Å²) < 4.78 is 0. The van der Waals surface area contributed by atoms with Crippen LogP contribution in [-0.4, -0.2) is 5.97 Å². The predicted molar refractivity (Wildman–Crippen MR) is 43.1 cm³/mol. The van der Waals surface area contributed by atoms with Crippen LogP contribution in [0.1, 0.15) is 10.4 Å². The van der Waals surface area contributed by atoms with Crippen molar-refractivity contribution in [1.29, 1.82) is 0 Å². The van der Waals surface area contributed by atoms with E-state index < -0.39 is 5.97 Å². The zero-order valence-electron chi connectivity index (χ0n) is 6.03. The van der Waals surface area contributed by atoms with Gasteiger partial charge in [0.1, 0.15) is 0 Å². The van der Waals surface area contributed by atoms with Crippen molar-refractivity contribution in [1.82, 2.24) is 0 Å². The van der Waals surface area contributed by atoms with E-state index in [0.717, 1.165) is 16.5 Å². The van der Waals surface area contributed by atoms with Crippen LogP contribution >= 0.6 is 11.3 Å². The molecule has 0 spiro atoms. The van der Waals surface area contributed by atoms with E-state index in [4.69, 9.17) is 0 Å². The first kappa shape index (κ1) is 8.01. The first-order valence-corrected chi connectivity index (χ1v) is 4.01. The van der Waals surface area contributed by atoms with Gasteiger partial charge in [-0.1, -0.05) is 0 Å². The predicted octanol–water partition coefficient (Wildman–Crippen LogP) is 0.820. The number of aliphatic carboxylic acids is 1. The Bertz CT molecular complexity index is 286. The number of rotatable bonds is 2. The second-order valence-corrected chi connectivity index (χ2v) is 3.07. The molecule has 1 aromatic heterocycles. The number of carbonyl (C=O) groups is 1. The van der Waals surface area contributed by atoms with Crippen LogP contribution in [0.25, 0.3) is 6.08 Å². The maximum atomic E-state index is 10.0. The zero-order chi connectivity index (χ0) is 8.27. The molecule has 0 radical (unpaired) electrons. The minimum Gasteiger partial charge on any atom is -0.545 e. The van der Waals surface area contributed by atoms with Crippen LogP contribution in [0.4, 0.5) is 0 Å². The summed E-state index contributed by atoms with van der Waals surface area (Å²) in [5.41, 5.74) is 1.09. The summed E-state index contributed by atoms with van der Waals surface area (Å²) in [5, 5.41) is 11.9. The molecule has 0 N–H and O–H groups in total. The highest BCUT2D eigenvalue weighted by Gasteiger charge is 1.92. The van der Waals surface area contributed by atoms with E-state index in [0.29, 0.717) is 0 Å². The Hall–Kier alpha value is -1.09. The number of hydrogen-bond acceptors (Lipinski definition) is 3. The van der Waals surface area contributed by atoms with Gasteiger partial charge in [-0.25, -0.2) is 0 Å². The molecule has 0 bridgehead atoms. The maximum absolute atomic E-state index is 10.0. The molecular formula is C8H7O2S-. The smallest absolute Gasteiger partial charge is 0.0643 e. The Kier molecular flexibility index (Phi) is 2.44. The van der Waals surface area contributed by atoms with Gasteiger partial charge < -0.3 is 9.90 Å². The molecular weight excluding hydrogens is 160 g/mol. The lowest BCUT2D eigenvalue weighted by atomic mass is 10.3. The van der Waals surface area contributed by atoms with Crippen molar-refractivity contribution >= 4 is 23.4 Å². The lowest BCUT2D eigenvalue weighted by Gasteiger charge is -1.90. The maximum Gasteiger partial charge on any atom is 0.0643 e. The van der Waals surface area contributed by atoms with Crippen LogP contribution in [0, 0.1) is 6.92 Å². The summed E-state index contributed by atoms with van der Waals surface area (Å²) >= 11 is 1.51. The van der Waals surface area contributed by atoms with Gasteiger partial charge in [0.2, 0.25) is 0 Å². The Morgan fingerprint density at radius 3 is 2.91 bits per heavy atom. The average Bonchev–Trinajstić information content (AvgIpc) is 2.31. The standard InChI is InChI=1S/C8H8O2S/c1-6-4-5-11-7(6)2-3-8(9)10/h2-5H,1H3,(H,9,10)/p-1/b3-2+. The average molecular weight is 167 g/mol. The normalized spacial score (nSPS) is 10.6. The summed E-state index contributed by atoms with van der Waals surface area (Å²) in [7, 11) is 0. The molecule has 0 saturated heterocycles. The molecule has 0 fully saturated rings. The van der Waals surface area contributed by atoms with Gasteiger partial charge in [0.05, 0.1) is 5.97 Å². The fraction of sp³-hybridized carbons (Fsp3) is 0.125. The molecule has 0 aliphatic rings. The van der Waals surface area contributed by atoms with Crippen LogP contribution in [-0.2, 0) is 4.79 Å². The quantitative estimate of drug-likeness (QED) is 0.612. The van der Waals surface area contributed by atoms with Gasteiger partial charge in [-0.3, -0.25) is 0 Å². The molecule has 0 saturated carbocycles. The second-order valence-electron chi connectivity index (χ2n) is 2.12. The Labute approximate surface area is 68.8 Å². The van der Waals surface area contributed by atoms with E-state index in [1.165, 1.54) is 11.3 Å². The molecule has 2 nitrogen and oxygen atoms in total. The van der Waals surface area contributed by atoms with Crippen molar-refractivity contribution in [2.45, 2.75) is 6.92 Å². The van der Waals surface area contributed by atoms with E-state index in [1.807, 2.05) is 18.4 Å². The molecule has 0 aromatic carbocycles. The van der Waals surface area contributed by atoms with Gasteiger partial charge in [-0.2, -0.15) is 0 Å². The van der Waals surface area contributed by atoms with Crippen LogP contribution < -0.4 is 5.11 Å². The van der Waals surface area contributed by atoms with E-state index in [-0.39, 0.29) is 0 Å². The molecule has 3 heteroatoms. The molecule has 58 valence electrons. The van der Waals surface area contributed by atoms with Gasteiger partial charge in [0.15, 0.2) is 0 Å². The number of thiophene rings is 1. The van der Waals surface area contributed by atoms with Crippen molar-refractivity contribution in [2.24, 2.45) is 0 Å². The fourth-order valence-electron chi connectivity index (χ4n) is 0.699. The number of carbonyl (C=O) groups excluding carboxylic acids is 1. The van der Waals surface area contributed by atoms with E-state index in [2.05, 4.69) is 0 Å². The van der Waals surface area contributed by atoms with Crippen LogP contribution in [0.3, 0.4) is 0 Å². The molecule has 0 aliphatic heterocycles. The molecule has 11 heavy (non-hydrogen) atoms. The molecule has 0 amide bonds. The molecule has 1 rings (SSSR count). The van der Waals surface area contributed by atoms with Crippen LogP contribution in [0.5, 0.6) is 0 Å². The van der Waals surface area contributed by atoms with Crippen molar-refractivity contribution in [3.8, 4) is 0 Å². The van der Waals surface area contributed by atoms with Gasteiger partial charge >= 0.3 is 0 Å². The van der Waals surface area contributed by atoms with Crippen molar-refractivity contribution in [3.63, 3.8) is 0 Å². The van der Waals surface area contributed by atoms with Gasteiger partial charge in [0, 0.05) is 4.88 Å². The largest absolute Gasteiger partial charge is 0.545 e. The Morgan fingerprint density at radius 1 is 1.73 bits per heavy atom. The molecule has 0 atom stereocenters. The highest BCUT2D eigenvalue weighted by molar-refractivity contribution is 7.11. The minimum absolute atomic E-state index is 0.967. The lowest BCUT2D eigenvalue weighted by molar-refractivity contribution is -0.297. The minimum atomic E-state index is -1.15. The third-order valence-electron chi connectivity index (χ3n) is 1.27. The highest BCUT2D eigenvalue weighted by Crippen LogP contribution is 2.16. The monoisotopic (exact) mass is 167 g/mol. The number of carboxylic acids is 1. The molecule has 0 unspecified atom stereocenters. The summed E-state index contributed by atoms with van der Waals surface area (Å²) in [4.78, 5) is 11.0. The molecule has 0 aliphatic carbocycles. The van der Waals surface area contributed by atoms with Crippen LogP contribution in [0.15, 0.2) is 17.5 Å². The Morgan fingerprint density at radius 2 is 2.45 bits per heavy atom. The van der Waals surface area contributed by atoms with Gasteiger partial charge in [0.25, 0.3) is 0 Å².